The van der Waals surface area contributed by atoms with Gasteiger partial charge in [-0.2, -0.15) is 0 Å². The van der Waals surface area contributed by atoms with Gasteiger partial charge in [-0.3, -0.25) is 19.7 Å². The smallest absolute Gasteiger partial charge is 0.273 e. The SMILES string of the molecule is CCCNC(=O)[C@@H](C)N(Cc1ccc(F)cc1)C(=O)Cc1ccccc1[N+](=O)[O-]. The highest BCUT2D eigenvalue weighted by Gasteiger charge is 2.27. The van der Waals surface area contributed by atoms with Crippen LogP contribution in [0.5, 0.6) is 0 Å². The average Bonchev–Trinajstić information content (AvgIpc) is 2.71. The van der Waals surface area contributed by atoms with Crippen LogP contribution in [0.1, 0.15) is 31.4 Å². The number of rotatable bonds is 9. The molecule has 2 amide bonds. The molecular formula is C21H24FN3O4. The maximum atomic E-state index is 13.2. The number of carbonyl (C=O) groups is 2. The van der Waals surface area contributed by atoms with E-state index in [0.717, 1.165) is 6.42 Å². The number of hydrogen-bond donors (Lipinski definition) is 1. The van der Waals surface area contributed by atoms with Crippen LogP contribution in [-0.2, 0) is 22.6 Å². The first kappa shape index (κ1) is 22.0. The van der Waals surface area contributed by atoms with Crippen LogP contribution >= 0.6 is 0 Å². The van der Waals surface area contributed by atoms with Gasteiger partial charge >= 0.3 is 0 Å². The Morgan fingerprint density at radius 3 is 2.45 bits per heavy atom. The predicted octanol–water partition coefficient (Wildman–Crippen LogP) is 3.22. The molecule has 0 spiro atoms. The Hall–Kier alpha value is -3.29. The van der Waals surface area contributed by atoms with Gasteiger partial charge in [-0.1, -0.05) is 37.3 Å². The molecule has 2 aromatic carbocycles. The predicted molar refractivity (Wildman–Crippen MR) is 107 cm³/mol. The lowest BCUT2D eigenvalue weighted by Gasteiger charge is -2.29. The topological polar surface area (TPSA) is 92.6 Å². The molecule has 0 bridgehead atoms. The van der Waals surface area contributed by atoms with Crippen LogP contribution in [0, 0.1) is 15.9 Å². The van der Waals surface area contributed by atoms with E-state index in [1.807, 2.05) is 6.92 Å². The van der Waals surface area contributed by atoms with Gasteiger partial charge in [0.1, 0.15) is 11.9 Å². The molecule has 0 radical (unpaired) electrons. The van der Waals surface area contributed by atoms with Gasteiger partial charge < -0.3 is 10.2 Å². The third-order valence-corrected chi connectivity index (χ3v) is 4.51. The Bertz CT molecular complexity index is 870. The van der Waals surface area contributed by atoms with Gasteiger partial charge in [-0.05, 0) is 31.0 Å². The maximum absolute atomic E-state index is 13.2. The monoisotopic (exact) mass is 401 g/mol. The molecule has 0 fully saturated rings. The molecule has 0 aliphatic carbocycles. The first-order valence-electron chi connectivity index (χ1n) is 9.37. The van der Waals surface area contributed by atoms with Crippen molar-refractivity contribution in [2.24, 2.45) is 0 Å². The summed E-state index contributed by atoms with van der Waals surface area (Å²) in [6.07, 6.45) is 0.532. The summed E-state index contributed by atoms with van der Waals surface area (Å²) >= 11 is 0. The largest absolute Gasteiger partial charge is 0.354 e. The second-order valence-electron chi connectivity index (χ2n) is 6.68. The van der Waals surface area contributed by atoms with E-state index in [1.165, 1.54) is 47.4 Å². The van der Waals surface area contributed by atoms with E-state index in [4.69, 9.17) is 0 Å². The molecule has 1 N–H and O–H groups in total. The Labute approximate surface area is 168 Å². The van der Waals surface area contributed by atoms with Crippen LogP contribution in [-0.4, -0.2) is 34.2 Å². The Balaban J connectivity index is 2.27. The molecule has 154 valence electrons. The number of benzene rings is 2. The zero-order valence-electron chi connectivity index (χ0n) is 16.4. The Kier molecular flexibility index (Phi) is 7.82. The quantitative estimate of drug-likeness (QED) is 0.516. The van der Waals surface area contributed by atoms with Crippen LogP contribution in [0.3, 0.4) is 0 Å². The second kappa shape index (κ2) is 10.3. The van der Waals surface area contributed by atoms with E-state index in [1.54, 1.807) is 13.0 Å². The standard InChI is InChI=1S/C21H24FN3O4/c1-3-12-23-21(27)15(2)24(14-16-8-10-18(22)11-9-16)20(26)13-17-6-4-5-7-19(17)25(28)29/h4-11,15H,3,12-14H2,1-2H3,(H,23,27)/t15-/m1/s1. The molecule has 1 atom stereocenters. The van der Waals surface area contributed by atoms with Crippen molar-refractivity contribution >= 4 is 17.5 Å². The highest BCUT2D eigenvalue weighted by atomic mass is 19.1. The summed E-state index contributed by atoms with van der Waals surface area (Å²) in [6, 6.07) is 10.9. The molecule has 8 heteroatoms. The summed E-state index contributed by atoms with van der Waals surface area (Å²) in [5.74, 6) is -1.15. The molecule has 0 aliphatic heterocycles. The molecule has 2 aromatic rings. The number of carbonyl (C=O) groups excluding carboxylic acids is 2. The molecule has 29 heavy (non-hydrogen) atoms. The fourth-order valence-electron chi connectivity index (χ4n) is 2.87. The lowest BCUT2D eigenvalue weighted by molar-refractivity contribution is -0.385. The number of hydrogen-bond acceptors (Lipinski definition) is 4. The third-order valence-electron chi connectivity index (χ3n) is 4.51. The fourth-order valence-corrected chi connectivity index (χ4v) is 2.87. The van der Waals surface area contributed by atoms with Crippen molar-refractivity contribution in [3.8, 4) is 0 Å². The average molecular weight is 401 g/mol. The minimum Gasteiger partial charge on any atom is -0.354 e. The molecule has 0 saturated carbocycles. The van der Waals surface area contributed by atoms with Crippen molar-refractivity contribution in [3.05, 3.63) is 75.6 Å². The number of nitro benzene ring substituents is 1. The number of amides is 2. The van der Waals surface area contributed by atoms with E-state index in [0.29, 0.717) is 12.1 Å². The van der Waals surface area contributed by atoms with E-state index in [2.05, 4.69) is 5.32 Å². The summed E-state index contributed by atoms with van der Waals surface area (Å²) in [6.45, 7) is 4.08. The summed E-state index contributed by atoms with van der Waals surface area (Å²) in [5.41, 5.74) is 0.774. The fraction of sp³-hybridized carbons (Fsp3) is 0.333. The van der Waals surface area contributed by atoms with Gasteiger partial charge in [-0.15, -0.1) is 0 Å². The number of para-hydroxylation sites is 1. The van der Waals surface area contributed by atoms with Crippen LogP contribution in [0.4, 0.5) is 10.1 Å². The van der Waals surface area contributed by atoms with Gasteiger partial charge in [0, 0.05) is 24.7 Å². The second-order valence-corrected chi connectivity index (χ2v) is 6.68. The molecule has 0 aromatic heterocycles. The lowest BCUT2D eigenvalue weighted by Crippen LogP contribution is -2.48. The minimum absolute atomic E-state index is 0.0838. The third kappa shape index (κ3) is 6.10. The number of nitrogens with one attached hydrogen (secondary N) is 1. The van der Waals surface area contributed by atoms with Gasteiger partial charge in [0.25, 0.3) is 5.69 Å². The van der Waals surface area contributed by atoms with E-state index < -0.39 is 22.7 Å². The molecule has 7 nitrogen and oxygen atoms in total. The summed E-state index contributed by atoms with van der Waals surface area (Å²) in [4.78, 5) is 37.5. The van der Waals surface area contributed by atoms with Gasteiger partial charge in [0.05, 0.1) is 11.3 Å². The van der Waals surface area contributed by atoms with E-state index >= 15 is 0 Å². The van der Waals surface area contributed by atoms with Crippen LogP contribution < -0.4 is 5.32 Å². The normalized spacial score (nSPS) is 11.6. The minimum atomic E-state index is -0.790. The maximum Gasteiger partial charge on any atom is 0.273 e. The molecule has 0 unspecified atom stereocenters. The van der Waals surface area contributed by atoms with E-state index in [-0.39, 0.29) is 30.1 Å². The van der Waals surface area contributed by atoms with Crippen LogP contribution in [0.2, 0.25) is 0 Å². The van der Waals surface area contributed by atoms with Crippen molar-refractivity contribution in [1.82, 2.24) is 10.2 Å². The van der Waals surface area contributed by atoms with Crippen molar-refractivity contribution < 1.29 is 18.9 Å². The zero-order valence-corrected chi connectivity index (χ0v) is 16.4. The summed E-state index contributed by atoms with van der Waals surface area (Å²) < 4.78 is 13.2. The lowest BCUT2D eigenvalue weighted by atomic mass is 10.1. The summed E-state index contributed by atoms with van der Waals surface area (Å²) in [7, 11) is 0. The van der Waals surface area contributed by atoms with Crippen LogP contribution in [0.25, 0.3) is 0 Å². The van der Waals surface area contributed by atoms with Crippen molar-refractivity contribution in [2.45, 2.75) is 39.3 Å². The molecule has 2 rings (SSSR count). The van der Waals surface area contributed by atoms with Crippen molar-refractivity contribution in [1.29, 1.82) is 0 Å². The number of nitrogens with zero attached hydrogens (tertiary/aromatic N) is 2. The van der Waals surface area contributed by atoms with Gasteiger partial charge in [-0.25, -0.2) is 4.39 Å². The molecule has 0 aliphatic rings. The molecular weight excluding hydrogens is 377 g/mol. The van der Waals surface area contributed by atoms with Gasteiger partial charge in [0.15, 0.2) is 0 Å². The Morgan fingerprint density at radius 1 is 1.17 bits per heavy atom. The first-order chi connectivity index (χ1) is 13.8. The zero-order chi connectivity index (χ0) is 21.4. The number of halogens is 1. The van der Waals surface area contributed by atoms with Crippen LogP contribution in [0.15, 0.2) is 48.5 Å². The highest BCUT2D eigenvalue weighted by Crippen LogP contribution is 2.20. The number of nitro groups is 1. The molecule has 0 heterocycles. The van der Waals surface area contributed by atoms with Gasteiger partial charge in [0.2, 0.25) is 11.8 Å². The highest BCUT2D eigenvalue weighted by molar-refractivity contribution is 5.88. The summed E-state index contributed by atoms with van der Waals surface area (Å²) in [5, 5.41) is 14.0. The molecule has 0 saturated heterocycles. The van der Waals surface area contributed by atoms with E-state index in [9.17, 15) is 24.1 Å². The first-order valence-corrected chi connectivity index (χ1v) is 9.37. The Morgan fingerprint density at radius 2 is 1.83 bits per heavy atom. The van der Waals surface area contributed by atoms with Crippen molar-refractivity contribution in [2.75, 3.05) is 6.54 Å². The van der Waals surface area contributed by atoms with Crippen molar-refractivity contribution in [3.63, 3.8) is 0 Å².